The van der Waals surface area contributed by atoms with Crippen molar-refractivity contribution in [3.8, 4) is 28.3 Å². The summed E-state index contributed by atoms with van der Waals surface area (Å²) in [6, 6.07) is 10.4. The predicted octanol–water partition coefficient (Wildman–Crippen LogP) is 5.98. The zero-order valence-corrected chi connectivity index (χ0v) is 18.1. The first-order valence-corrected chi connectivity index (χ1v) is 10.4. The van der Waals surface area contributed by atoms with Crippen LogP contribution in [0.2, 0.25) is 0 Å². The minimum absolute atomic E-state index is 0.00182. The van der Waals surface area contributed by atoms with Crippen LogP contribution in [0.3, 0.4) is 0 Å². The molecule has 0 radical (unpaired) electrons. The predicted molar refractivity (Wildman–Crippen MR) is 119 cm³/mol. The lowest BCUT2D eigenvalue weighted by molar-refractivity contribution is 0.0139. The molecule has 33 heavy (non-hydrogen) atoms. The lowest BCUT2D eigenvalue weighted by atomic mass is 10.0. The number of H-pyrrole nitrogens is 1. The van der Waals surface area contributed by atoms with Crippen LogP contribution in [-0.2, 0) is 5.92 Å². The quantitative estimate of drug-likeness (QED) is 0.357. The van der Waals surface area contributed by atoms with Crippen LogP contribution in [-0.4, -0.2) is 30.7 Å². The summed E-state index contributed by atoms with van der Waals surface area (Å²) in [6.45, 7) is 4.59. The fourth-order valence-electron chi connectivity index (χ4n) is 3.83. The molecule has 0 aliphatic heterocycles. The maximum absolute atomic E-state index is 15.4. The molecule has 5 aromatic rings. The second-order valence-electron chi connectivity index (χ2n) is 8.15. The van der Waals surface area contributed by atoms with E-state index in [0.29, 0.717) is 17.0 Å². The van der Waals surface area contributed by atoms with E-state index >= 15 is 4.39 Å². The molecule has 0 aliphatic carbocycles. The van der Waals surface area contributed by atoms with Gasteiger partial charge in [-0.3, -0.25) is 14.5 Å². The van der Waals surface area contributed by atoms with Crippen LogP contribution in [0.25, 0.3) is 39.1 Å². The van der Waals surface area contributed by atoms with Crippen LogP contribution >= 0.6 is 0 Å². The fraction of sp³-hybridized carbons (Fsp3) is 0.208. The fourth-order valence-corrected chi connectivity index (χ4v) is 3.83. The van der Waals surface area contributed by atoms with Gasteiger partial charge in [0.25, 0.3) is 5.92 Å². The van der Waals surface area contributed by atoms with E-state index in [-0.39, 0.29) is 28.4 Å². The van der Waals surface area contributed by atoms with Crippen LogP contribution in [0.5, 0.6) is 5.75 Å². The summed E-state index contributed by atoms with van der Waals surface area (Å²) in [5.74, 6) is -3.30. The molecule has 6 nitrogen and oxygen atoms in total. The van der Waals surface area contributed by atoms with Crippen LogP contribution in [0.15, 0.2) is 55.0 Å². The Morgan fingerprint density at radius 2 is 1.94 bits per heavy atom. The monoisotopic (exact) mass is 451 g/mol. The summed E-state index contributed by atoms with van der Waals surface area (Å²) < 4.78 is 51.7. The van der Waals surface area contributed by atoms with Gasteiger partial charge in [0.2, 0.25) is 0 Å². The molecule has 168 valence electrons. The summed E-state index contributed by atoms with van der Waals surface area (Å²) >= 11 is 0. The van der Waals surface area contributed by atoms with Crippen LogP contribution in [0, 0.1) is 5.82 Å². The van der Waals surface area contributed by atoms with Gasteiger partial charge in [0.15, 0.2) is 5.65 Å². The number of aromatic amines is 1. The third-order valence-electron chi connectivity index (χ3n) is 5.24. The van der Waals surface area contributed by atoms with Gasteiger partial charge in [-0.2, -0.15) is 13.9 Å². The number of aromatic nitrogens is 5. The Labute approximate surface area is 187 Å². The van der Waals surface area contributed by atoms with E-state index in [1.165, 1.54) is 22.9 Å². The van der Waals surface area contributed by atoms with Gasteiger partial charge in [-0.25, -0.2) is 9.37 Å². The second kappa shape index (κ2) is 7.61. The molecule has 0 bridgehead atoms. The number of rotatable bonds is 5. The molecule has 0 atom stereocenters. The molecular weight excluding hydrogens is 431 g/mol. The number of ether oxygens (including phenoxy) is 1. The smallest absolute Gasteiger partial charge is 0.289 e. The van der Waals surface area contributed by atoms with Gasteiger partial charge in [-0.05, 0) is 38.1 Å². The number of halogens is 3. The summed E-state index contributed by atoms with van der Waals surface area (Å²) in [5.41, 5.74) is 1.33. The van der Waals surface area contributed by atoms with E-state index in [4.69, 9.17) is 4.74 Å². The maximum Gasteiger partial charge on any atom is 0.289 e. The molecule has 3 aromatic heterocycles. The Balaban J connectivity index is 1.74. The molecule has 0 amide bonds. The van der Waals surface area contributed by atoms with Crippen LogP contribution in [0.4, 0.5) is 13.2 Å². The molecule has 2 aromatic carbocycles. The summed E-state index contributed by atoms with van der Waals surface area (Å²) in [5, 5.41) is 6.73. The molecule has 0 aliphatic rings. The number of hydrogen-bond acceptors (Lipinski definition) is 4. The lowest BCUT2D eigenvalue weighted by Crippen LogP contribution is -2.10. The molecule has 9 heteroatoms. The van der Waals surface area contributed by atoms with Gasteiger partial charge in [-0.1, -0.05) is 12.1 Å². The van der Waals surface area contributed by atoms with Crippen molar-refractivity contribution < 1.29 is 17.9 Å². The van der Waals surface area contributed by atoms with Gasteiger partial charge in [-0.15, -0.1) is 0 Å². The standard InChI is InChI=1S/C24H20F3N5O/c1-13(2)33-15-6-4-5-14(9-15)19-12-32-20(11-28-19)30-23(24(3,26)27)22(32)16-7-8-18-17(21(16)25)10-29-31-18/h4-13H,1-3H3,(H,29,31). The van der Waals surface area contributed by atoms with Gasteiger partial charge < -0.3 is 4.74 Å². The number of nitrogens with one attached hydrogen (secondary N) is 1. The minimum Gasteiger partial charge on any atom is -0.491 e. The van der Waals surface area contributed by atoms with Crippen molar-refractivity contribution in [2.24, 2.45) is 0 Å². The van der Waals surface area contributed by atoms with Crippen LogP contribution < -0.4 is 4.74 Å². The molecule has 0 saturated heterocycles. The first kappa shape index (κ1) is 21.0. The molecule has 5 rings (SSSR count). The van der Waals surface area contributed by atoms with Crippen molar-refractivity contribution in [1.29, 1.82) is 0 Å². The first-order valence-electron chi connectivity index (χ1n) is 10.4. The van der Waals surface area contributed by atoms with E-state index in [9.17, 15) is 8.78 Å². The average molecular weight is 451 g/mol. The van der Waals surface area contributed by atoms with E-state index in [1.807, 2.05) is 38.1 Å². The van der Waals surface area contributed by atoms with E-state index < -0.39 is 17.4 Å². The average Bonchev–Trinajstić information content (AvgIpc) is 3.38. The Morgan fingerprint density at radius 3 is 2.70 bits per heavy atom. The maximum atomic E-state index is 15.4. The van der Waals surface area contributed by atoms with Gasteiger partial charge >= 0.3 is 0 Å². The van der Waals surface area contributed by atoms with Crippen molar-refractivity contribution in [3.63, 3.8) is 0 Å². The summed E-state index contributed by atoms with van der Waals surface area (Å²) in [4.78, 5) is 8.50. The van der Waals surface area contributed by atoms with Gasteiger partial charge in [0.05, 0.1) is 40.8 Å². The van der Waals surface area contributed by atoms with E-state index in [2.05, 4.69) is 20.2 Å². The molecule has 0 saturated carbocycles. The van der Waals surface area contributed by atoms with Crippen molar-refractivity contribution >= 4 is 16.6 Å². The van der Waals surface area contributed by atoms with E-state index in [0.717, 1.165) is 12.5 Å². The van der Waals surface area contributed by atoms with Gasteiger partial charge in [0.1, 0.15) is 17.3 Å². The largest absolute Gasteiger partial charge is 0.491 e. The highest BCUT2D eigenvalue weighted by Gasteiger charge is 2.34. The number of nitrogens with zero attached hydrogens (tertiary/aromatic N) is 4. The first-order chi connectivity index (χ1) is 15.7. The normalized spacial score (nSPS) is 12.2. The highest BCUT2D eigenvalue weighted by atomic mass is 19.3. The van der Waals surface area contributed by atoms with Gasteiger partial charge in [0, 0.05) is 24.2 Å². The molecule has 0 spiro atoms. The van der Waals surface area contributed by atoms with Crippen molar-refractivity contribution in [2.75, 3.05) is 0 Å². The van der Waals surface area contributed by atoms with Crippen LogP contribution in [0.1, 0.15) is 26.5 Å². The number of benzene rings is 2. The molecule has 3 heterocycles. The number of hydrogen-bond donors (Lipinski definition) is 1. The molecular formula is C24H20F3N5O. The van der Waals surface area contributed by atoms with Crippen molar-refractivity contribution in [2.45, 2.75) is 32.8 Å². The zero-order chi connectivity index (χ0) is 23.3. The summed E-state index contributed by atoms with van der Waals surface area (Å²) in [7, 11) is 0. The van der Waals surface area contributed by atoms with Crippen molar-refractivity contribution in [1.82, 2.24) is 24.6 Å². The Kier molecular flexibility index (Phi) is 4.84. The second-order valence-corrected chi connectivity index (χ2v) is 8.15. The molecule has 1 N–H and O–H groups in total. The third-order valence-corrected chi connectivity index (χ3v) is 5.24. The van der Waals surface area contributed by atoms with E-state index in [1.54, 1.807) is 12.3 Å². The third kappa shape index (κ3) is 3.69. The zero-order valence-electron chi connectivity index (χ0n) is 18.1. The SMILES string of the molecule is CC(C)Oc1cccc(-c2cn3c(-c4ccc5[nH]ncc5c4F)c(C(C)(F)F)nc3cn2)c1. The Morgan fingerprint density at radius 1 is 1.12 bits per heavy atom. The lowest BCUT2D eigenvalue weighted by Gasteiger charge is -2.13. The van der Waals surface area contributed by atoms with Crippen molar-refractivity contribution in [3.05, 3.63) is 66.5 Å². The minimum atomic E-state index is -3.30. The number of fused-ring (bicyclic) bond motifs is 2. The Bertz CT molecular complexity index is 1480. The topological polar surface area (TPSA) is 68.1 Å². The Hall–Kier alpha value is -3.88. The highest BCUT2D eigenvalue weighted by Crippen LogP contribution is 2.38. The molecule has 0 unspecified atom stereocenters. The summed E-state index contributed by atoms with van der Waals surface area (Å²) in [6.07, 6.45) is 4.30. The highest BCUT2D eigenvalue weighted by molar-refractivity contribution is 5.85. The number of alkyl halides is 2. The number of imidazole rings is 1. The molecule has 0 fully saturated rings.